The van der Waals surface area contributed by atoms with Crippen molar-refractivity contribution < 1.29 is 14.4 Å². The van der Waals surface area contributed by atoms with Gasteiger partial charge in [-0.25, -0.2) is 4.39 Å². The van der Waals surface area contributed by atoms with Gasteiger partial charge in [0.1, 0.15) is 5.82 Å². The average Bonchev–Trinajstić information content (AvgIpc) is 2.04. The Kier molecular flexibility index (Phi) is 2.35. The van der Waals surface area contributed by atoms with Crippen molar-refractivity contribution in [2.75, 3.05) is 0 Å². The summed E-state index contributed by atoms with van der Waals surface area (Å²) in [6.07, 6.45) is 0. The van der Waals surface area contributed by atoms with Crippen molar-refractivity contribution >= 4 is 5.69 Å². The van der Waals surface area contributed by atoms with Crippen molar-refractivity contribution in [2.24, 2.45) is 0 Å². The van der Waals surface area contributed by atoms with Crippen LogP contribution in [-0.4, -0.2) is 10.0 Å². The van der Waals surface area contributed by atoms with Gasteiger partial charge in [-0.2, -0.15) is 0 Å². The Morgan fingerprint density at radius 3 is 2.75 bits per heavy atom. The van der Waals surface area contributed by atoms with Gasteiger partial charge in [-0.1, -0.05) is 0 Å². The van der Waals surface area contributed by atoms with Crippen LogP contribution >= 0.6 is 0 Å². The first-order chi connectivity index (χ1) is 5.65. The van der Waals surface area contributed by atoms with Gasteiger partial charge in [0.15, 0.2) is 0 Å². The Hall–Kier alpha value is -1.49. The zero-order chi connectivity index (χ0) is 9.14. The van der Waals surface area contributed by atoms with E-state index < -0.39 is 23.0 Å². The van der Waals surface area contributed by atoms with Crippen LogP contribution in [0.1, 0.15) is 5.56 Å². The summed E-state index contributed by atoms with van der Waals surface area (Å²) in [4.78, 5) is 9.53. The van der Waals surface area contributed by atoms with Crippen LogP contribution in [0, 0.1) is 15.9 Å². The summed E-state index contributed by atoms with van der Waals surface area (Å²) in [7, 11) is 0. The van der Waals surface area contributed by atoms with Crippen molar-refractivity contribution in [3.05, 3.63) is 39.7 Å². The summed E-state index contributed by atoms with van der Waals surface area (Å²) in [6.45, 7) is -0.462. The third-order valence-electron chi connectivity index (χ3n) is 1.41. The fraction of sp³-hybridized carbons (Fsp3) is 0.143. The van der Waals surface area contributed by atoms with Crippen molar-refractivity contribution in [1.82, 2.24) is 0 Å². The predicted molar refractivity (Wildman–Crippen MR) is 39.0 cm³/mol. The monoisotopic (exact) mass is 171 g/mol. The lowest BCUT2D eigenvalue weighted by Crippen LogP contribution is -1.95. The predicted octanol–water partition coefficient (Wildman–Crippen LogP) is 1.23. The van der Waals surface area contributed by atoms with E-state index in [2.05, 4.69) is 0 Å². The molecule has 0 unspecified atom stereocenters. The number of aliphatic hydroxyl groups is 1. The molecular weight excluding hydrogens is 165 g/mol. The number of benzene rings is 1. The molecule has 4 nitrogen and oxygen atoms in total. The first kappa shape index (κ1) is 8.61. The molecule has 0 aliphatic rings. The largest absolute Gasteiger partial charge is 0.391 e. The van der Waals surface area contributed by atoms with E-state index in [1.54, 1.807) is 0 Å². The van der Waals surface area contributed by atoms with Crippen LogP contribution in [0.25, 0.3) is 0 Å². The van der Waals surface area contributed by atoms with Gasteiger partial charge in [0.2, 0.25) is 0 Å². The highest BCUT2D eigenvalue weighted by Crippen LogP contribution is 2.19. The van der Waals surface area contributed by atoms with E-state index in [-0.39, 0.29) is 5.56 Å². The lowest BCUT2D eigenvalue weighted by atomic mass is 10.2. The van der Waals surface area contributed by atoms with Crippen molar-refractivity contribution in [1.29, 1.82) is 0 Å². The van der Waals surface area contributed by atoms with Gasteiger partial charge >= 0.3 is 0 Å². The third kappa shape index (κ3) is 1.57. The number of hydrogen-bond acceptors (Lipinski definition) is 3. The maximum Gasteiger partial charge on any atom is 0.277 e. The quantitative estimate of drug-likeness (QED) is 0.537. The molecule has 1 aromatic carbocycles. The fourth-order valence-corrected chi connectivity index (χ4v) is 0.841. The smallest absolute Gasteiger partial charge is 0.277 e. The van der Waals surface area contributed by atoms with Crippen molar-refractivity contribution in [3.63, 3.8) is 0 Å². The number of nitro benzene ring substituents is 1. The molecule has 0 radical (unpaired) electrons. The van der Waals surface area contributed by atoms with E-state index in [1.807, 2.05) is 0 Å². The molecule has 0 bridgehead atoms. The van der Waals surface area contributed by atoms with E-state index in [9.17, 15) is 14.5 Å². The van der Waals surface area contributed by atoms with Crippen LogP contribution < -0.4 is 0 Å². The molecule has 0 aromatic heterocycles. The van der Waals surface area contributed by atoms with Gasteiger partial charge in [0.25, 0.3) is 5.69 Å². The molecule has 1 N–H and O–H groups in total. The molecule has 0 amide bonds. The molecule has 1 rings (SSSR count). The molecule has 1 aromatic rings. The molecule has 12 heavy (non-hydrogen) atoms. The number of halogens is 1. The summed E-state index contributed by atoms with van der Waals surface area (Å²) in [6, 6.07) is 3.04. The highest BCUT2D eigenvalue weighted by atomic mass is 19.1. The number of nitrogens with zero attached hydrogens (tertiary/aromatic N) is 1. The van der Waals surface area contributed by atoms with Crippen molar-refractivity contribution in [2.45, 2.75) is 6.61 Å². The highest BCUT2D eigenvalue weighted by molar-refractivity contribution is 5.39. The van der Waals surface area contributed by atoms with Crippen LogP contribution in [0.3, 0.4) is 0 Å². The molecular formula is C7H6FNO3. The minimum absolute atomic E-state index is 0.112. The van der Waals surface area contributed by atoms with E-state index >= 15 is 0 Å². The first-order valence-electron chi connectivity index (χ1n) is 3.19. The summed E-state index contributed by atoms with van der Waals surface area (Å²) in [5.74, 6) is -0.682. The molecule has 5 heteroatoms. The van der Waals surface area contributed by atoms with Crippen LogP contribution in [0.4, 0.5) is 10.1 Å². The maximum absolute atomic E-state index is 12.5. The number of rotatable bonds is 2. The number of aliphatic hydroxyl groups excluding tert-OH is 1. The maximum atomic E-state index is 12.5. The zero-order valence-electron chi connectivity index (χ0n) is 6.03. The normalized spacial score (nSPS) is 9.83. The topological polar surface area (TPSA) is 63.4 Å². The Bertz CT molecular complexity index is 314. The molecule has 0 spiro atoms. The van der Waals surface area contributed by atoms with Crippen LogP contribution in [0.15, 0.2) is 18.2 Å². The molecule has 0 heterocycles. The molecule has 64 valence electrons. The van der Waals surface area contributed by atoms with Crippen molar-refractivity contribution in [3.8, 4) is 0 Å². The Balaban J connectivity index is 3.21. The van der Waals surface area contributed by atoms with E-state index in [4.69, 9.17) is 5.11 Å². The van der Waals surface area contributed by atoms with E-state index in [0.29, 0.717) is 0 Å². The highest BCUT2D eigenvalue weighted by Gasteiger charge is 2.13. The molecule has 0 saturated carbocycles. The second-order valence-electron chi connectivity index (χ2n) is 2.19. The van der Waals surface area contributed by atoms with Gasteiger partial charge in [-0.15, -0.1) is 0 Å². The second kappa shape index (κ2) is 3.27. The van der Waals surface area contributed by atoms with Crippen LogP contribution in [0.5, 0.6) is 0 Å². The fourth-order valence-electron chi connectivity index (χ4n) is 0.841. The SMILES string of the molecule is O=[N+]([O-])c1cc(F)ccc1CO. The van der Waals surface area contributed by atoms with Crippen LogP contribution in [0.2, 0.25) is 0 Å². The van der Waals surface area contributed by atoms with E-state index in [0.717, 1.165) is 12.1 Å². The van der Waals surface area contributed by atoms with E-state index in [1.165, 1.54) is 6.07 Å². The second-order valence-corrected chi connectivity index (χ2v) is 2.19. The molecule has 0 atom stereocenters. The zero-order valence-corrected chi connectivity index (χ0v) is 6.03. The van der Waals surface area contributed by atoms with Gasteiger partial charge in [-0.05, 0) is 12.1 Å². The van der Waals surface area contributed by atoms with Gasteiger partial charge in [0, 0.05) is 0 Å². The summed E-state index contributed by atoms with van der Waals surface area (Å²) >= 11 is 0. The minimum atomic E-state index is -0.728. The Morgan fingerprint density at radius 1 is 1.58 bits per heavy atom. The summed E-state index contributed by atoms with van der Waals surface area (Å²) in [5.41, 5.74) is -0.279. The lowest BCUT2D eigenvalue weighted by Gasteiger charge is -1.97. The summed E-state index contributed by atoms with van der Waals surface area (Å²) < 4.78 is 12.5. The molecule has 0 fully saturated rings. The van der Waals surface area contributed by atoms with Gasteiger partial charge in [-0.3, -0.25) is 10.1 Å². The third-order valence-corrected chi connectivity index (χ3v) is 1.41. The Morgan fingerprint density at radius 2 is 2.25 bits per heavy atom. The first-order valence-corrected chi connectivity index (χ1v) is 3.19. The minimum Gasteiger partial charge on any atom is -0.391 e. The lowest BCUT2D eigenvalue weighted by molar-refractivity contribution is -0.386. The Labute approximate surface area is 67.4 Å². The number of nitro groups is 1. The van der Waals surface area contributed by atoms with Crippen LogP contribution in [-0.2, 0) is 6.61 Å². The van der Waals surface area contributed by atoms with Gasteiger partial charge < -0.3 is 5.11 Å². The standard InChI is InChI=1S/C7H6FNO3/c8-6-2-1-5(4-10)7(3-6)9(11)12/h1-3,10H,4H2. The molecule has 0 aliphatic heterocycles. The molecule has 0 aliphatic carbocycles. The summed E-state index contributed by atoms with van der Waals surface area (Å²) in [5, 5.41) is 18.9. The average molecular weight is 171 g/mol. The van der Waals surface area contributed by atoms with Gasteiger partial charge in [0.05, 0.1) is 23.2 Å². The molecule has 0 saturated heterocycles. The number of hydrogen-bond donors (Lipinski definition) is 1.